The molecule has 0 aromatic heterocycles. The van der Waals surface area contributed by atoms with Gasteiger partial charge in [-0.2, -0.15) is 4.72 Å². The summed E-state index contributed by atoms with van der Waals surface area (Å²) in [6, 6.07) is 13.3. The van der Waals surface area contributed by atoms with Crippen LogP contribution in [0.4, 0.5) is 0 Å². The first-order chi connectivity index (χ1) is 10.9. The summed E-state index contributed by atoms with van der Waals surface area (Å²) in [5.74, 6) is 0.384. The summed E-state index contributed by atoms with van der Waals surface area (Å²) >= 11 is 0. The summed E-state index contributed by atoms with van der Waals surface area (Å²) < 4.78 is 32.4. The lowest BCUT2D eigenvalue weighted by Gasteiger charge is -2.18. The van der Waals surface area contributed by atoms with Gasteiger partial charge >= 0.3 is 0 Å². The van der Waals surface area contributed by atoms with Gasteiger partial charge in [0.05, 0.1) is 12.0 Å². The van der Waals surface area contributed by atoms with Crippen LogP contribution in [0.5, 0.6) is 5.75 Å². The van der Waals surface area contributed by atoms with E-state index in [4.69, 9.17) is 4.74 Å². The average Bonchev–Trinajstić information content (AvgIpc) is 2.54. The van der Waals surface area contributed by atoms with Crippen molar-refractivity contribution < 1.29 is 18.1 Å². The van der Waals surface area contributed by atoms with Crippen LogP contribution < -0.4 is 9.46 Å². The number of hydrogen-bond acceptors (Lipinski definition) is 5. The molecule has 1 unspecified atom stereocenters. The fourth-order valence-electron chi connectivity index (χ4n) is 2.16. The van der Waals surface area contributed by atoms with Crippen molar-refractivity contribution in [1.29, 1.82) is 0 Å². The predicted molar refractivity (Wildman–Crippen MR) is 84.4 cm³/mol. The molecule has 0 aliphatic heterocycles. The molecule has 8 heteroatoms. The molecule has 122 valence electrons. The van der Waals surface area contributed by atoms with Crippen LogP contribution >= 0.6 is 0 Å². The molecule has 0 saturated heterocycles. The Morgan fingerprint density at radius 1 is 1.13 bits per heavy atom. The summed E-state index contributed by atoms with van der Waals surface area (Å²) in [6.45, 7) is -0.591. The molecule has 23 heavy (non-hydrogen) atoms. The molecule has 1 N–H and O–H groups in total. The largest absolute Gasteiger partial charge is 0.496 e. The topological polar surface area (TPSA) is 98.5 Å². The van der Waals surface area contributed by atoms with E-state index in [1.807, 2.05) is 0 Å². The molecule has 0 amide bonds. The quantitative estimate of drug-likeness (QED) is 0.616. The van der Waals surface area contributed by atoms with Gasteiger partial charge in [-0.15, -0.1) is 0 Å². The molecule has 0 aliphatic rings. The fraction of sp³-hybridized carbons (Fsp3) is 0.200. The second kappa shape index (κ2) is 7.21. The van der Waals surface area contributed by atoms with Gasteiger partial charge in [-0.25, -0.2) is 8.42 Å². The lowest BCUT2D eigenvalue weighted by Crippen LogP contribution is -2.33. The Kier molecular flexibility index (Phi) is 5.30. The van der Waals surface area contributed by atoms with Gasteiger partial charge in [0.1, 0.15) is 11.8 Å². The van der Waals surface area contributed by atoms with E-state index in [-0.39, 0.29) is 4.90 Å². The third-order valence-corrected chi connectivity index (χ3v) is 4.68. The third-order valence-electron chi connectivity index (χ3n) is 3.20. The van der Waals surface area contributed by atoms with E-state index in [2.05, 4.69) is 4.72 Å². The molecular weight excluding hydrogens is 320 g/mol. The molecule has 2 rings (SSSR count). The first-order valence-electron chi connectivity index (χ1n) is 6.76. The second-order valence-corrected chi connectivity index (χ2v) is 6.46. The summed E-state index contributed by atoms with van der Waals surface area (Å²) in [5, 5.41) is 10.9. The predicted octanol–water partition coefficient (Wildman–Crippen LogP) is 1.99. The Morgan fingerprint density at radius 2 is 1.74 bits per heavy atom. The molecule has 1 atom stereocenters. The molecule has 0 radical (unpaired) electrons. The second-order valence-electron chi connectivity index (χ2n) is 4.74. The fourth-order valence-corrected chi connectivity index (χ4v) is 3.39. The molecule has 7 nitrogen and oxygen atoms in total. The zero-order valence-corrected chi connectivity index (χ0v) is 13.2. The van der Waals surface area contributed by atoms with E-state index in [0.717, 1.165) is 0 Å². The maximum atomic E-state index is 12.4. The summed E-state index contributed by atoms with van der Waals surface area (Å²) in [5.41, 5.74) is 0.409. The van der Waals surface area contributed by atoms with Crippen molar-refractivity contribution in [3.05, 3.63) is 70.3 Å². The van der Waals surface area contributed by atoms with E-state index in [1.54, 1.807) is 42.5 Å². The minimum Gasteiger partial charge on any atom is -0.496 e. The number of nitrogens with one attached hydrogen (secondary N) is 1. The Hall–Kier alpha value is -2.45. The molecule has 0 bridgehead atoms. The Balaban J connectivity index is 2.38. The van der Waals surface area contributed by atoms with Gasteiger partial charge in [-0.05, 0) is 18.2 Å². The van der Waals surface area contributed by atoms with Gasteiger partial charge in [-0.3, -0.25) is 10.1 Å². The molecule has 2 aromatic carbocycles. The highest BCUT2D eigenvalue weighted by Gasteiger charge is 2.27. The number of hydrogen-bond donors (Lipinski definition) is 1. The van der Waals surface area contributed by atoms with Crippen molar-refractivity contribution in [1.82, 2.24) is 4.72 Å². The van der Waals surface area contributed by atoms with Crippen LogP contribution in [-0.2, 0) is 10.0 Å². The van der Waals surface area contributed by atoms with E-state index in [9.17, 15) is 18.5 Å². The van der Waals surface area contributed by atoms with Crippen molar-refractivity contribution in [2.45, 2.75) is 10.9 Å². The first-order valence-corrected chi connectivity index (χ1v) is 8.24. The minimum atomic E-state index is -3.89. The van der Waals surface area contributed by atoms with Crippen LogP contribution in [-0.4, -0.2) is 27.0 Å². The lowest BCUT2D eigenvalue weighted by atomic mass is 10.1. The van der Waals surface area contributed by atoms with Crippen LogP contribution in [0, 0.1) is 10.1 Å². The van der Waals surface area contributed by atoms with Gasteiger partial charge < -0.3 is 4.74 Å². The third kappa shape index (κ3) is 4.27. The SMILES string of the molecule is COc1ccccc1C(C[N+](=O)[O-])NS(=O)(=O)c1ccccc1. The van der Waals surface area contributed by atoms with Crippen molar-refractivity contribution >= 4 is 10.0 Å². The van der Waals surface area contributed by atoms with Crippen molar-refractivity contribution in [3.8, 4) is 5.75 Å². The number of benzene rings is 2. The van der Waals surface area contributed by atoms with Crippen molar-refractivity contribution in [2.75, 3.05) is 13.7 Å². The normalized spacial score (nSPS) is 12.6. The molecular formula is C15H16N2O5S. The maximum Gasteiger partial charge on any atom is 0.241 e. The van der Waals surface area contributed by atoms with E-state index < -0.39 is 27.5 Å². The lowest BCUT2D eigenvalue weighted by molar-refractivity contribution is -0.483. The van der Waals surface area contributed by atoms with Gasteiger partial charge in [0.2, 0.25) is 16.6 Å². The monoisotopic (exact) mass is 336 g/mol. The number of methoxy groups -OCH3 is 1. The summed E-state index contributed by atoms with van der Waals surface area (Å²) in [6.07, 6.45) is 0. The van der Waals surface area contributed by atoms with Crippen LogP contribution in [0.3, 0.4) is 0 Å². The summed E-state index contributed by atoms with van der Waals surface area (Å²) in [4.78, 5) is 10.4. The highest BCUT2D eigenvalue weighted by molar-refractivity contribution is 7.89. The molecule has 0 fully saturated rings. The van der Waals surface area contributed by atoms with Crippen molar-refractivity contribution in [2.24, 2.45) is 0 Å². The van der Waals surface area contributed by atoms with Crippen LogP contribution in [0.2, 0.25) is 0 Å². The number of ether oxygens (including phenoxy) is 1. The highest BCUT2D eigenvalue weighted by atomic mass is 32.2. The number of sulfonamides is 1. The van der Waals surface area contributed by atoms with Gasteiger partial charge in [0.15, 0.2) is 0 Å². The van der Waals surface area contributed by atoms with Crippen molar-refractivity contribution in [3.63, 3.8) is 0 Å². The minimum absolute atomic E-state index is 0.0447. The number of nitro groups is 1. The maximum absolute atomic E-state index is 12.4. The Labute approximate surface area is 134 Å². The Morgan fingerprint density at radius 3 is 2.35 bits per heavy atom. The average molecular weight is 336 g/mol. The van der Waals surface area contributed by atoms with E-state index >= 15 is 0 Å². The number of nitrogens with zero attached hydrogens (tertiary/aromatic N) is 1. The van der Waals surface area contributed by atoms with Crippen LogP contribution in [0.25, 0.3) is 0 Å². The number of para-hydroxylation sites is 1. The molecule has 0 saturated carbocycles. The van der Waals surface area contributed by atoms with Crippen LogP contribution in [0.15, 0.2) is 59.5 Å². The molecule has 2 aromatic rings. The standard InChI is InChI=1S/C15H16N2O5S/c1-22-15-10-6-5-9-13(15)14(11-17(18)19)16-23(20,21)12-7-3-2-4-8-12/h2-10,14,16H,11H2,1H3. The number of rotatable bonds is 7. The van der Waals surface area contributed by atoms with Crippen LogP contribution in [0.1, 0.15) is 11.6 Å². The smallest absolute Gasteiger partial charge is 0.241 e. The van der Waals surface area contributed by atoms with Gasteiger partial charge in [0, 0.05) is 10.5 Å². The first kappa shape index (κ1) is 16.9. The molecule has 0 spiro atoms. The molecule has 0 aliphatic carbocycles. The van der Waals surface area contributed by atoms with Gasteiger partial charge in [-0.1, -0.05) is 36.4 Å². The van der Waals surface area contributed by atoms with E-state index in [0.29, 0.717) is 11.3 Å². The molecule has 0 heterocycles. The highest BCUT2D eigenvalue weighted by Crippen LogP contribution is 2.26. The Bertz CT molecular complexity index is 777. The summed E-state index contributed by atoms with van der Waals surface area (Å²) in [7, 11) is -2.46. The zero-order chi connectivity index (χ0) is 16.9. The zero-order valence-electron chi connectivity index (χ0n) is 12.4. The van der Waals surface area contributed by atoms with Gasteiger partial charge in [0.25, 0.3) is 0 Å². The van der Waals surface area contributed by atoms with E-state index in [1.165, 1.54) is 19.2 Å².